The summed E-state index contributed by atoms with van der Waals surface area (Å²) in [6.07, 6.45) is 0.171. The Morgan fingerprint density at radius 3 is 2.61 bits per heavy atom. The van der Waals surface area contributed by atoms with E-state index in [-0.39, 0.29) is 18.4 Å². The number of likely N-dealkylation sites (N-methyl/N-ethyl adjacent to an activating group) is 1. The molecule has 1 amide bonds. The Morgan fingerprint density at radius 1 is 1.18 bits per heavy atom. The van der Waals surface area contributed by atoms with Crippen molar-refractivity contribution >= 4 is 17.5 Å². The third-order valence-corrected chi connectivity index (χ3v) is 4.83. The fourth-order valence-electron chi connectivity index (χ4n) is 3.04. The van der Waals surface area contributed by atoms with Crippen molar-refractivity contribution < 1.29 is 9.21 Å². The van der Waals surface area contributed by atoms with Gasteiger partial charge in [0, 0.05) is 17.1 Å². The molecule has 0 aliphatic rings. The predicted molar refractivity (Wildman–Crippen MR) is 111 cm³/mol. The van der Waals surface area contributed by atoms with Gasteiger partial charge in [0.15, 0.2) is 0 Å². The minimum absolute atomic E-state index is 0.0863. The summed E-state index contributed by atoms with van der Waals surface area (Å²) in [5.74, 6) is 1.02. The van der Waals surface area contributed by atoms with Crippen LogP contribution in [0.1, 0.15) is 23.1 Å². The standard InChI is InChI=1S/C22H24ClN3O2/c1-15-19(25-22(28-15)17-10-7-11-18(23)12-17)13-21(27)24-14-20(26(2)3)16-8-5-4-6-9-16/h4-12,20H,13-14H2,1-3H3,(H,24,27). The zero-order chi connectivity index (χ0) is 20.1. The number of hydrogen-bond acceptors (Lipinski definition) is 4. The topological polar surface area (TPSA) is 58.4 Å². The summed E-state index contributed by atoms with van der Waals surface area (Å²) in [5, 5.41) is 3.63. The molecule has 0 bridgehead atoms. The van der Waals surface area contributed by atoms with E-state index in [1.807, 2.05) is 51.4 Å². The van der Waals surface area contributed by atoms with Gasteiger partial charge in [-0.1, -0.05) is 48.0 Å². The first-order valence-electron chi connectivity index (χ1n) is 9.14. The molecule has 1 heterocycles. The van der Waals surface area contributed by atoms with Gasteiger partial charge in [0.2, 0.25) is 11.8 Å². The highest BCUT2D eigenvalue weighted by Crippen LogP contribution is 2.24. The highest BCUT2D eigenvalue weighted by molar-refractivity contribution is 6.30. The van der Waals surface area contributed by atoms with E-state index in [0.29, 0.717) is 28.9 Å². The molecule has 3 rings (SSSR count). The number of rotatable bonds is 7. The third-order valence-electron chi connectivity index (χ3n) is 4.59. The predicted octanol–water partition coefficient (Wildman–Crippen LogP) is 4.27. The quantitative estimate of drug-likeness (QED) is 0.647. The Hall–Kier alpha value is -2.63. The summed E-state index contributed by atoms with van der Waals surface area (Å²) in [6, 6.07) is 17.5. The van der Waals surface area contributed by atoms with E-state index in [0.717, 1.165) is 11.1 Å². The summed E-state index contributed by atoms with van der Waals surface area (Å²) >= 11 is 6.04. The number of carbonyl (C=O) groups excluding carboxylic acids is 1. The van der Waals surface area contributed by atoms with Crippen molar-refractivity contribution in [3.8, 4) is 11.5 Å². The number of nitrogens with zero attached hydrogens (tertiary/aromatic N) is 2. The second kappa shape index (κ2) is 9.04. The number of aromatic nitrogens is 1. The smallest absolute Gasteiger partial charge is 0.226 e. The summed E-state index contributed by atoms with van der Waals surface area (Å²) in [5.41, 5.74) is 2.58. The molecule has 0 aliphatic carbocycles. The molecule has 3 aromatic rings. The number of nitrogens with one attached hydrogen (secondary N) is 1. The summed E-state index contributed by atoms with van der Waals surface area (Å²) in [4.78, 5) is 19.1. The molecule has 2 aromatic carbocycles. The van der Waals surface area contributed by atoms with E-state index < -0.39 is 0 Å². The molecule has 0 radical (unpaired) electrons. The van der Waals surface area contributed by atoms with E-state index in [1.54, 1.807) is 12.1 Å². The van der Waals surface area contributed by atoms with Crippen molar-refractivity contribution in [1.82, 2.24) is 15.2 Å². The molecule has 28 heavy (non-hydrogen) atoms. The normalized spacial score (nSPS) is 12.2. The number of carbonyl (C=O) groups is 1. The van der Waals surface area contributed by atoms with Crippen LogP contribution < -0.4 is 5.32 Å². The molecule has 0 saturated heterocycles. The molecule has 0 spiro atoms. The maximum Gasteiger partial charge on any atom is 0.226 e. The van der Waals surface area contributed by atoms with Gasteiger partial charge >= 0.3 is 0 Å². The zero-order valence-electron chi connectivity index (χ0n) is 16.3. The van der Waals surface area contributed by atoms with E-state index in [2.05, 4.69) is 27.3 Å². The van der Waals surface area contributed by atoms with Crippen molar-refractivity contribution in [2.75, 3.05) is 20.6 Å². The van der Waals surface area contributed by atoms with Gasteiger partial charge in [-0.2, -0.15) is 0 Å². The molecular weight excluding hydrogens is 374 g/mol. The molecule has 1 unspecified atom stereocenters. The Labute approximate surface area is 170 Å². The minimum Gasteiger partial charge on any atom is -0.441 e. The summed E-state index contributed by atoms with van der Waals surface area (Å²) in [7, 11) is 4.01. The number of amides is 1. The summed E-state index contributed by atoms with van der Waals surface area (Å²) in [6.45, 7) is 2.34. The Morgan fingerprint density at radius 2 is 1.93 bits per heavy atom. The Balaban J connectivity index is 1.65. The molecule has 1 N–H and O–H groups in total. The van der Waals surface area contributed by atoms with E-state index in [1.165, 1.54) is 0 Å². The molecule has 5 nitrogen and oxygen atoms in total. The van der Waals surface area contributed by atoms with Crippen molar-refractivity contribution in [2.45, 2.75) is 19.4 Å². The molecule has 0 fully saturated rings. The van der Waals surface area contributed by atoms with Gasteiger partial charge in [-0.3, -0.25) is 4.79 Å². The number of benzene rings is 2. The van der Waals surface area contributed by atoms with E-state index in [4.69, 9.17) is 16.0 Å². The number of oxazole rings is 1. The van der Waals surface area contributed by atoms with E-state index >= 15 is 0 Å². The van der Waals surface area contributed by atoms with Crippen molar-refractivity contribution in [1.29, 1.82) is 0 Å². The van der Waals surface area contributed by atoms with Crippen LogP contribution in [0.5, 0.6) is 0 Å². The average molecular weight is 398 g/mol. The van der Waals surface area contributed by atoms with Crippen LogP contribution in [-0.4, -0.2) is 36.4 Å². The van der Waals surface area contributed by atoms with Gasteiger partial charge in [-0.15, -0.1) is 0 Å². The lowest BCUT2D eigenvalue weighted by Gasteiger charge is -2.25. The van der Waals surface area contributed by atoms with Crippen LogP contribution in [0, 0.1) is 6.92 Å². The minimum atomic E-state index is -0.0863. The second-order valence-corrected chi connectivity index (χ2v) is 7.34. The van der Waals surface area contributed by atoms with Gasteiger partial charge in [0.25, 0.3) is 0 Å². The van der Waals surface area contributed by atoms with Crippen LogP contribution in [0.3, 0.4) is 0 Å². The van der Waals surface area contributed by atoms with Crippen LogP contribution in [-0.2, 0) is 11.2 Å². The lowest BCUT2D eigenvalue weighted by Crippen LogP contribution is -2.35. The van der Waals surface area contributed by atoms with Crippen molar-refractivity contribution in [2.24, 2.45) is 0 Å². The lowest BCUT2D eigenvalue weighted by atomic mass is 10.1. The average Bonchev–Trinajstić information content (AvgIpc) is 3.03. The first-order chi connectivity index (χ1) is 13.4. The van der Waals surface area contributed by atoms with Gasteiger partial charge in [-0.25, -0.2) is 4.98 Å². The molecule has 146 valence electrons. The monoisotopic (exact) mass is 397 g/mol. The van der Waals surface area contributed by atoms with Crippen LogP contribution in [0.4, 0.5) is 0 Å². The molecule has 1 atom stereocenters. The number of hydrogen-bond donors (Lipinski definition) is 1. The fraction of sp³-hybridized carbons (Fsp3) is 0.273. The van der Waals surface area contributed by atoms with Crippen molar-refractivity contribution in [3.63, 3.8) is 0 Å². The van der Waals surface area contributed by atoms with Gasteiger partial charge in [-0.05, 0) is 44.8 Å². The van der Waals surface area contributed by atoms with Gasteiger partial charge in [0.05, 0.1) is 18.2 Å². The fourth-order valence-corrected chi connectivity index (χ4v) is 3.23. The molecule has 0 aliphatic heterocycles. The molecule has 6 heteroatoms. The van der Waals surface area contributed by atoms with E-state index in [9.17, 15) is 4.79 Å². The molecule has 1 aromatic heterocycles. The van der Waals surface area contributed by atoms with Gasteiger partial charge in [0.1, 0.15) is 5.76 Å². The third kappa shape index (κ3) is 5.00. The highest BCUT2D eigenvalue weighted by atomic mass is 35.5. The maximum atomic E-state index is 12.5. The number of aryl methyl sites for hydroxylation is 1. The van der Waals surface area contributed by atoms with Crippen LogP contribution >= 0.6 is 11.6 Å². The van der Waals surface area contributed by atoms with Crippen molar-refractivity contribution in [3.05, 3.63) is 76.6 Å². The highest BCUT2D eigenvalue weighted by Gasteiger charge is 2.18. The molecule has 0 saturated carbocycles. The van der Waals surface area contributed by atoms with Crippen LogP contribution in [0.15, 0.2) is 59.0 Å². The maximum absolute atomic E-state index is 12.5. The van der Waals surface area contributed by atoms with Crippen LogP contribution in [0.2, 0.25) is 5.02 Å². The summed E-state index contributed by atoms with van der Waals surface area (Å²) < 4.78 is 5.73. The SMILES string of the molecule is Cc1oc(-c2cccc(Cl)c2)nc1CC(=O)NCC(c1ccccc1)N(C)C. The first kappa shape index (κ1) is 20.1. The lowest BCUT2D eigenvalue weighted by molar-refractivity contribution is -0.120. The molecular formula is C22H24ClN3O2. The zero-order valence-corrected chi connectivity index (χ0v) is 17.0. The Kier molecular flexibility index (Phi) is 6.49. The first-order valence-corrected chi connectivity index (χ1v) is 9.52. The van der Waals surface area contributed by atoms with Crippen LogP contribution in [0.25, 0.3) is 11.5 Å². The van der Waals surface area contributed by atoms with Gasteiger partial charge < -0.3 is 14.6 Å². The number of halogens is 1. The Bertz CT molecular complexity index is 938. The second-order valence-electron chi connectivity index (χ2n) is 6.90. The largest absolute Gasteiger partial charge is 0.441 e.